The second-order valence-corrected chi connectivity index (χ2v) is 4.10. The lowest BCUT2D eigenvalue weighted by Crippen LogP contribution is -2.19. The number of nitro groups is 1. The van der Waals surface area contributed by atoms with E-state index in [-0.39, 0.29) is 11.4 Å². The fourth-order valence-electron chi connectivity index (χ4n) is 2.00. The topological polar surface area (TPSA) is 86.0 Å². The van der Waals surface area contributed by atoms with E-state index in [1.165, 1.54) is 6.07 Å². The van der Waals surface area contributed by atoms with E-state index in [1.54, 1.807) is 13.0 Å². The lowest BCUT2D eigenvalue weighted by atomic mass is 10.1. The summed E-state index contributed by atoms with van der Waals surface area (Å²) in [5.74, 6) is 1.19. The molecule has 0 amide bonds. The molecule has 0 aromatic heterocycles. The summed E-state index contributed by atoms with van der Waals surface area (Å²) >= 11 is 0. The monoisotopic (exact) mass is 279 g/mol. The van der Waals surface area contributed by atoms with Crippen LogP contribution in [0, 0.1) is 10.1 Å². The van der Waals surface area contributed by atoms with Crippen LogP contribution in [0.1, 0.15) is 19.4 Å². The third-order valence-corrected chi connectivity index (χ3v) is 2.77. The molecular formula is C13H17N3O4. The van der Waals surface area contributed by atoms with Crippen molar-refractivity contribution in [1.82, 2.24) is 5.32 Å². The first-order valence-electron chi connectivity index (χ1n) is 6.54. The Labute approximate surface area is 116 Å². The average Bonchev–Trinajstić information content (AvgIpc) is 2.94. The van der Waals surface area contributed by atoms with Gasteiger partial charge < -0.3 is 14.8 Å². The van der Waals surface area contributed by atoms with E-state index in [9.17, 15) is 10.1 Å². The van der Waals surface area contributed by atoms with Crippen LogP contribution in [0.5, 0.6) is 11.5 Å². The fraction of sp³-hybridized carbons (Fsp3) is 0.462. The number of nitrogens with zero attached hydrogens (tertiary/aromatic N) is 2. The van der Waals surface area contributed by atoms with Crippen molar-refractivity contribution < 1.29 is 14.4 Å². The van der Waals surface area contributed by atoms with Gasteiger partial charge in [-0.1, -0.05) is 0 Å². The van der Waals surface area contributed by atoms with Crippen LogP contribution in [0.3, 0.4) is 0 Å². The standard InChI is InChI=1S/C13H17N3O4/c1-3-19-11-8-9(13-14-5-6-15-13)7-10(16(17)18)12(11)20-4-2/h7-8H,3-6H2,1-2H3,(H,14,15). The SMILES string of the molecule is CCOc1cc(C2=NCCN2)cc([N+](=O)[O-])c1OCC. The summed E-state index contributed by atoms with van der Waals surface area (Å²) in [6.07, 6.45) is 0. The molecule has 20 heavy (non-hydrogen) atoms. The summed E-state index contributed by atoms with van der Waals surface area (Å²) in [4.78, 5) is 15.0. The molecule has 1 aromatic carbocycles. The molecule has 0 aliphatic carbocycles. The minimum atomic E-state index is -0.466. The van der Waals surface area contributed by atoms with Gasteiger partial charge in [0.25, 0.3) is 0 Å². The van der Waals surface area contributed by atoms with E-state index < -0.39 is 4.92 Å². The number of amidine groups is 1. The van der Waals surface area contributed by atoms with Crippen molar-refractivity contribution in [2.45, 2.75) is 13.8 Å². The molecule has 0 radical (unpaired) electrons. The van der Waals surface area contributed by atoms with E-state index >= 15 is 0 Å². The van der Waals surface area contributed by atoms with E-state index in [1.807, 2.05) is 6.92 Å². The highest BCUT2D eigenvalue weighted by Crippen LogP contribution is 2.38. The van der Waals surface area contributed by atoms with Crippen molar-refractivity contribution in [3.63, 3.8) is 0 Å². The minimum Gasteiger partial charge on any atom is -0.490 e. The smallest absolute Gasteiger partial charge is 0.315 e. The number of nitrogens with one attached hydrogen (secondary N) is 1. The molecular weight excluding hydrogens is 262 g/mol. The summed E-state index contributed by atoms with van der Waals surface area (Å²) in [7, 11) is 0. The molecule has 7 nitrogen and oxygen atoms in total. The van der Waals surface area contributed by atoms with Gasteiger partial charge in [0.05, 0.1) is 24.7 Å². The summed E-state index contributed by atoms with van der Waals surface area (Å²) in [5, 5.41) is 14.3. The second-order valence-electron chi connectivity index (χ2n) is 4.10. The maximum atomic E-state index is 11.2. The predicted molar refractivity (Wildman–Crippen MR) is 74.8 cm³/mol. The van der Waals surface area contributed by atoms with Crippen LogP contribution in [-0.2, 0) is 0 Å². The molecule has 1 aliphatic heterocycles. The molecule has 0 atom stereocenters. The second kappa shape index (κ2) is 6.23. The maximum Gasteiger partial charge on any atom is 0.315 e. The van der Waals surface area contributed by atoms with E-state index in [0.29, 0.717) is 36.9 Å². The van der Waals surface area contributed by atoms with Gasteiger partial charge in [-0.25, -0.2) is 0 Å². The van der Waals surface area contributed by atoms with Crippen LogP contribution in [0.2, 0.25) is 0 Å². The largest absolute Gasteiger partial charge is 0.490 e. The normalized spacial score (nSPS) is 13.6. The highest BCUT2D eigenvalue weighted by molar-refractivity contribution is 6.01. The van der Waals surface area contributed by atoms with Crippen molar-refractivity contribution in [2.75, 3.05) is 26.3 Å². The Morgan fingerprint density at radius 2 is 2.10 bits per heavy atom. The number of hydrogen-bond acceptors (Lipinski definition) is 6. The quantitative estimate of drug-likeness (QED) is 0.633. The van der Waals surface area contributed by atoms with Crippen LogP contribution >= 0.6 is 0 Å². The first kappa shape index (κ1) is 14.1. The summed E-state index contributed by atoms with van der Waals surface area (Å²) in [6, 6.07) is 3.18. The van der Waals surface area contributed by atoms with Gasteiger partial charge >= 0.3 is 5.69 Å². The number of hydrogen-bond donors (Lipinski definition) is 1. The van der Waals surface area contributed by atoms with Crippen molar-refractivity contribution in [3.8, 4) is 11.5 Å². The average molecular weight is 279 g/mol. The van der Waals surface area contributed by atoms with Crippen molar-refractivity contribution in [2.24, 2.45) is 4.99 Å². The van der Waals surface area contributed by atoms with Crippen LogP contribution in [0.15, 0.2) is 17.1 Å². The zero-order valence-corrected chi connectivity index (χ0v) is 11.5. The lowest BCUT2D eigenvalue weighted by Gasteiger charge is -2.13. The van der Waals surface area contributed by atoms with Crippen LogP contribution in [0.25, 0.3) is 0 Å². The Morgan fingerprint density at radius 3 is 2.65 bits per heavy atom. The summed E-state index contributed by atoms with van der Waals surface area (Å²) < 4.78 is 10.8. The predicted octanol–water partition coefficient (Wildman–Crippen LogP) is 1.74. The third-order valence-electron chi connectivity index (χ3n) is 2.77. The van der Waals surface area contributed by atoms with Crippen molar-refractivity contribution in [1.29, 1.82) is 0 Å². The van der Waals surface area contributed by atoms with E-state index in [4.69, 9.17) is 9.47 Å². The molecule has 108 valence electrons. The van der Waals surface area contributed by atoms with E-state index in [0.717, 1.165) is 6.54 Å². The first-order valence-corrected chi connectivity index (χ1v) is 6.54. The number of rotatable bonds is 6. The maximum absolute atomic E-state index is 11.2. The first-order chi connectivity index (χ1) is 9.67. The Kier molecular flexibility index (Phi) is 4.39. The number of nitro benzene ring substituents is 1. The highest BCUT2D eigenvalue weighted by Gasteiger charge is 2.24. The molecule has 0 saturated carbocycles. The molecule has 1 heterocycles. The number of benzene rings is 1. The third kappa shape index (κ3) is 2.81. The highest BCUT2D eigenvalue weighted by atomic mass is 16.6. The molecule has 0 spiro atoms. The summed E-state index contributed by atoms with van der Waals surface area (Å²) in [6.45, 7) is 5.73. The van der Waals surface area contributed by atoms with Gasteiger partial charge in [0.1, 0.15) is 5.84 Å². The summed E-state index contributed by atoms with van der Waals surface area (Å²) in [5.41, 5.74) is 0.533. The molecule has 0 fully saturated rings. The van der Waals surface area contributed by atoms with Crippen LogP contribution in [-0.4, -0.2) is 37.1 Å². The fourth-order valence-corrected chi connectivity index (χ4v) is 2.00. The van der Waals surface area contributed by atoms with Crippen molar-refractivity contribution >= 4 is 11.5 Å². The molecule has 1 N–H and O–H groups in total. The molecule has 0 bridgehead atoms. The zero-order valence-electron chi connectivity index (χ0n) is 11.5. The Bertz CT molecular complexity index is 543. The van der Waals surface area contributed by atoms with Crippen LogP contribution < -0.4 is 14.8 Å². The van der Waals surface area contributed by atoms with Gasteiger partial charge in [0.2, 0.25) is 5.75 Å². The Balaban J connectivity index is 2.53. The molecule has 2 rings (SSSR count). The van der Waals surface area contributed by atoms with Gasteiger partial charge in [-0.2, -0.15) is 0 Å². The van der Waals surface area contributed by atoms with Gasteiger partial charge in [-0.3, -0.25) is 15.1 Å². The number of aliphatic imine (C=N–C) groups is 1. The number of ether oxygens (including phenoxy) is 2. The molecule has 7 heteroatoms. The van der Waals surface area contributed by atoms with Gasteiger partial charge in [-0.15, -0.1) is 0 Å². The van der Waals surface area contributed by atoms with Gasteiger partial charge in [0.15, 0.2) is 5.75 Å². The molecule has 1 aromatic rings. The van der Waals surface area contributed by atoms with E-state index in [2.05, 4.69) is 10.3 Å². The molecule has 0 unspecified atom stereocenters. The van der Waals surface area contributed by atoms with Gasteiger partial charge in [0, 0.05) is 18.2 Å². The Morgan fingerprint density at radius 1 is 1.35 bits per heavy atom. The Hall–Kier alpha value is -2.31. The minimum absolute atomic E-state index is 0.107. The lowest BCUT2D eigenvalue weighted by molar-refractivity contribution is -0.386. The van der Waals surface area contributed by atoms with Gasteiger partial charge in [-0.05, 0) is 19.9 Å². The molecule has 0 saturated heterocycles. The zero-order chi connectivity index (χ0) is 14.5. The molecule has 1 aliphatic rings. The van der Waals surface area contributed by atoms with Crippen molar-refractivity contribution in [3.05, 3.63) is 27.8 Å². The van der Waals surface area contributed by atoms with Crippen LogP contribution in [0.4, 0.5) is 5.69 Å².